The van der Waals surface area contributed by atoms with Crippen LogP contribution in [0.15, 0.2) is 48.5 Å². The average Bonchev–Trinajstić information content (AvgIpc) is 3.50. The standard InChI is InChI=1S/C22H25ClN2O3/c23-19-10-8-18(9-11-19)22(27)24-12-2-5-21(26)25-20-4-1-3-17(13-20)15-28-14-16-6-7-16/h1,3-4,8-11,13,16H,2,5-7,12,14-15H2,(H,24,27)(H,25,26). The predicted octanol–water partition coefficient (Wildman–Crippen LogP) is 4.42. The van der Waals surface area contributed by atoms with Crippen LogP contribution in [-0.2, 0) is 16.1 Å². The van der Waals surface area contributed by atoms with E-state index < -0.39 is 0 Å². The topological polar surface area (TPSA) is 67.4 Å². The van der Waals surface area contributed by atoms with Crippen molar-refractivity contribution in [2.45, 2.75) is 32.3 Å². The third kappa shape index (κ3) is 6.98. The van der Waals surface area contributed by atoms with Crippen LogP contribution in [0, 0.1) is 5.92 Å². The van der Waals surface area contributed by atoms with E-state index in [-0.39, 0.29) is 11.8 Å². The maximum Gasteiger partial charge on any atom is 0.251 e. The van der Waals surface area contributed by atoms with Gasteiger partial charge in [-0.3, -0.25) is 9.59 Å². The molecule has 6 heteroatoms. The lowest BCUT2D eigenvalue weighted by Gasteiger charge is -2.09. The molecule has 1 saturated carbocycles. The van der Waals surface area contributed by atoms with Crippen LogP contribution < -0.4 is 10.6 Å². The summed E-state index contributed by atoms with van der Waals surface area (Å²) in [6.45, 7) is 1.82. The Bertz CT molecular complexity index is 804. The molecule has 1 fully saturated rings. The Hall–Kier alpha value is -2.37. The molecule has 0 unspecified atom stereocenters. The van der Waals surface area contributed by atoms with Crippen molar-refractivity contribution in [1.82, 2.24) is 5.32 Å². The summed E-state index contributed by atoms with van der Waals surface area (Å²) in [4.78, 5) is 24.1. The molecule has 5 nitrogen and oxygen atoms in total. The first-order valence-electron chi connectivity index (χ1n) is 9.60. The van der Waals surface area contributed by atoms with Gasteiger partial charge in [0.1, 0.15) is 0 Å². The first-order valence-corrected chi connectivity index (χ1v) is 9.98. The van der Waals surface area contributed by atoms with Crippen LogP contribution in [0.5, 0.6) is 0 Å². The van der Waals surface area contributed by atoms with Gasteiger partial charge in [0.2, 0.25) is 5.91 Å². The fraction of sp³-hybridized carbons (Fsp3) is 0.364. The summed E-state index contributed by atoms with van der Waals surface area (Å²) in [5, 5.41) is 6.29. The number of hydrogen-bond acceptors (Lipinski definition) is 3. The smallest absolute Gasteiger partial charge is 0.251 e. The Labute approximate surface area is 170 Å². The van der Waals surface area contributed by atoms with Gasteiger partial charge in [0.25, 0.3) is 5.91 Å². The Morgan fingerprint density at radius 2 is 1.89 bits per heavy atom. The second-order valence-corrected chi connectivity index (χ2v) is 7.51. The molecule has 1 aliphatic rings. The van der Waals surface area contributed by atoms with Crippen LogP contribution in [-0.4, -0.2) is 25.0 Å². The second kappa shape index (κ2) is 10.2. The Morgan fingerprint density at radius 3 is 2.64 bits per heavy atom. The number of hydrogen-bond donors (Lipinski definition) is 2. The van der Waals surface area contributed by atoms with E-state index in [2.05, 4.69) is 10.6 Å². The number of anilines is 1. The number of benzene rings is 2. The lowest BCUT2D eigenvalue weighted by atomic mass is 10.2. The van der Waals surface area contributed by atoms with E-state index in [4.69, 9.17) is 16.3 Å². The maximum atomic E-state index is 12.1. The van der Waals surface area contributed by atoms with E-state index in [1.807, 2.05) is 24.3 Å². The quantitative estimate of drug-likeness (QED) is 0.580. The van der Waals surface area contributed by atoms with E-state index in [0.29, 0.717) is 36.6 Å². The van der Waals surface area contributed by atoms with Crippen LogP contribution in [0.4, 0.5) is 5.69 Å². The molecule has 3 rings (SSSR count). The van der Waals surface area contributed by atoms with E-state index in [1.54, 1.807) is 24.3 Å². The molecule has 0 aromatic heterocycles. The number of rotatable bonds is 10. The number of carbonyl (C=O) groups is 2. The van der Waals surface area contributed by atoms with Gasteiger partial charge in [0.05, 0.1) is 6.61 Å². The van der Waals surface area contributed by atoms with Crippen LogP contribution in [0.2, 0.25) is 5.02 Å². The Kier molecular flexibility index (Phi) is 7.46. The lowest BCUT2D eigenvalue weighted by molar-refractivity contribution is -0.116. The molecule has 2 aromatic rings. The molecule has 148 valence electrons. The Balaban J connectivity index is 1.34. The van der Waals surface area contributed by atoms with Crippen LogP contribution in [0.1, 0.15) is 41.6 Å². The highest BCUT2D eigenvalue weighted by molar-refractivity contribution is 6.30. The number of ether oxygens (including phenoxy) is 1. The van der Waals surface area contributed by atoms with Crippen LogP contribution in [0.3, 0.4) is 0 Å². The maximum absolute atomic E-state index is 12.1. The first kappa shape index (κ1) is 20.4. The molecule has 0 atom stereocenters. The summed E-state index contributed by atoms with van der Waals surface area (Å²) in [7, 11) is 0. The largest absolute Gasteiger partial charge is 0.376 e. The van der Waals surface area contributed by atoms with E-state index >= 15 is 0 Å². The van der Waals surface area contributed by atoms with Gasteiger partial charge in [-0.2, -0.15) is 0 Å². The van der Waals surface area contributed by atoms with Crippen molar-refractivity contribution < 1.29 is 14.3 Å². The minimum Gasteiger partial charge on any atom is -0.376 e. The zero-order valence-corrected chi connectivity index (χ0v) is 16.5. The normalized spacial score (nSPS) is 13.2. The van der Waals surface area contributed by atoms with Crippen molar-refractivity contribution >= 4 is 29.1 Å². The van der Waals surface area contributed by atoms with Crippen molar-refractivity contribution in [3.05, 3.63) is 64.7 Å². The van der Waals surface area contributed by atoms with Crippen molar-refractivity contribution in [1.29, 1.82) is 0 Å². The molecule has 0 spiro atoms. The number of carbonyl (C=O) groups excluding carboxylic acids is 2. The molecule has 2 amide bonds. The van der Waals surface area contributed by atoms with Crippen molar-refractivity contribution in [3.8, 4) is 0 Å². The van der Waals surface area contributed by atoms with Gasteiger partial charge in [-0.25, -0.2) is 0 Å². The molecule has 2 aromatic carbocycles. The molecule has 0 bridgehead atoms. The molecular weight excluding hydrogens is 376 g/mol. The van der Waals surface area contributed by atoms with Gasteiger partial charge in [0.15, 0.2) is 0 Å². The molecule has 28 heavy (non-hydrogen) atoms. The van der Waals surface area contributed by atoms with Gasteiger partial charge < -0.3 is 15.4 Å². The highest BCUT2D eigenvalue weighted by atomic mass is 35.5. The molecular formula is C22H25ClN2O3. The van der Waals surface area contributed by atoms with Crippen molar-refractivity contribution in [2.75, 3.05) is 18.5 Å². The molecule has 0 radical (unpaired) electrons. The summed E-state index contributed by atoms with van der Waals surface area (Å²) in [5.41, 5.74) is 2.37. The monoisotopic (exact) mass is 400 g/mol. The minimum absolute atomic E-state index is 0.0724. The molecule has 2 N–H and O–H groups in total. The molecule has 1 aliphatic carbocycles. The lowest BCUT2D eigenvalue weighted by Crippen LogP contribution is -2.25. The summed E-state index contributed by atoms with van der Waals surface area (Å²) in [5.74, 6) is 0.496. The number of amides is 2. The zero-order valence-electron chi connectivity index (χ0n) is 15.7. The molecule has 0 aliphatic heterocycles. The third-order valence-corrected chi connectivity index (χ3v) is 4.75. The minimum atomic E-state index is -0.170. The molecule has 0 saturated heterocycles. The van der Waals surface area contributed by atoms with E-state index in [9.17, 15) is 9.59 Å². The second-order valence-electron chi connectivity index (χ2n) is 7.07. The number of nitrogens with one attached hydrogen (secondary N) is 2. The van der Waals surface area contributed by atoms with Gasteiger partial charge in [-0.15, -0.1) is 0 Å². The SMILES string of the molecule is O=C(CCCNC(=O)c1ccc(Cl)cc1)Nc1cccc(COCC2CC2)c1. The fourth-order valence-corrected chi connectivity index (χ4v) is 2.87. The molecule has 0 heterocycles. The zero-order chi connectivity index (χ0) is 19.8. The summed E-state index contributed by atoms with van der Waals surface area (Å²) >= 11 is 5.81. The van der Waals surface area contributed by atoms with Gasteiger partial charge in [-0.05, 0) is 67.1 Å². The summed E-state index contributed by atoms with van der Waals surface area (Å²) in [6, 6.07) is 14.4. The van der Waals surface area contributed by atoms with E-state index in [1.165, 1.54) is 12.8 Å². The van der Waals surface area contributed by atoms with Crippen molar-refractivity contribution in [3.63, 3.8) is 0 Å². The van der Waals surface area contributed by atoms with Gasteiger partial charge in [0, 0.05) is 35.8 Å². The highest BCUT2D eigenvalue weighted by Crippen LogP contribution is 2.29. The summed E-state index contributed by atoms with van der Waals surface area (Å²) in [6.07, 6.45) is 3.45. The average molecular weight is 401 g/mol. The van der Waals surface area contributed by atoms with Crippen molar-refractivity contribution in [2.24, 2.45) is 5.92 Å². The van der Waals surface area contributed by atoms with Crippen LogP contribution in [0.25, 0.3) is 0 Å². The predicted molar refractivity (Wildman–Crippen MR) is 110 cm³/mol. The highest BCUT2D eigenvalue weighted by Gasteiger charge is 2.21. The Morgan fingerprint density at radius 1 is 1.11 bits per heavy atom. The van der Waals surface area contributed by atoms with E-state index in [0.717, 1.165) is 23.8 Å². The fourth-order valence-electron chi connectivity index (χ4n) is 2.74. The van der Waals surface area contributed by atoms with Gasteiger partial charge >= 0.3 is 0 Å². The van der Waals surface area contributed by atoms with Crippen LogP contribution >= 0.6 is 11.6 Å². The van der Waals surface area contributed by atoms with Gasteiger partial charge in [-0.1, -0.05) is 23.7 Å². The summed E-state index contributed by atoms with van der Waals surface area (Å²) < 4.78 is 5.69. The number of halogens is 1. The third-order valence-electron chi connectivity index (χ3n) is 4.50. The first-order chi connectivity index (χ1) is 13.6.